The molecule has 2 aliphatic rings. The second kappa shape index (κ2) is 15.3. The third-order valence-electron chi connectivity index (χ3n) is 6.93. The van der Waals surface area contributed by atoms with Gasteiger partial charge in [0.25, 0.3) is 5.91 Å². The Morgan fingerprint density at radius 2 is 1.44 bits per heavy atom. The predicted molar refractivity (Wildman–Crippen MR) is 152 cm³/mol. The van der Waals surface area contributed by atoms with Crippen LogP contribution in [0.1, 0.15) is 23.2 Å². The molecule has 3 amide bonds. The Labute approximate surface area is 239 Å². The zero-order valence-corrected chi connectivity index (χ0v) is 23.1. The van der Waals surface area contributed by atoms with Crippen LogP contribution in [0, 0.1) is 5.92 Å². The smallest absolute Gasteiger partial charge is 0.328 e. The van der Waals surface area contributed by atoms with Gasteiger partial charge in [-0.3, -0.25) is 19.3 Å². The summed E-state index contributed by atoms with van der Waals surface area (Å²) >= 11 is 0. The van der Waals surface area contributed by atoms with Crippen LogP contribution in [0.3, 0.4) is 0 Å². The monoisotopic (exact) mass is 564 g/mol. The number of aliphatic carboxylic acids is 2. The Morgan fingerprint density at radius 1 is 0.878 bits per heavy atom. The molecule has 1 atom stereocenters. The van der Waals surface area contributed by atoms with Crippen LogP contribution in [0.25, 0.3) is 0 Å². The maximum Gasteiger partial charge on any atom is 0.328 e. The highest BCUT2D eigenvalue weighted by atomic mass is 16.4. The molecular weight excluding hydrogens is 528 g/mol. The van der Waals surface area contributed by atoms with Crippen molar-refractivity contribution < 1.29 is 34.2 Å². The standard InChI is InChI=1S/C26H32N4O3.C4H4O4/c1-27-20-22(19-24(27)31)26(33)30(23-11-6-3-7-12-23)14-8-13-28-15-17-29(18-16-28)25(32)21-9-4-2-5-10-21;5-3(6)1-2-4(7)8/h2-7,9-12,22H,8,13-20H2,1H3;1-2H,(H,5,6)(H,7,8)/b;2-1+. The topological polar surface area (TPSA) is 139 Å². The van der Waals surface area contributed by atoms with Crippen LogP contribution in [0.4, 0.5) is 5.69 Å². The van der Waals surface area contributed by atoms with Gasteiger partial charge in [0, 0.05) is 76.1 Å². The molecule has 2 saturated heterocycles. The van der Waals surface area contributed by atoms with Gasteiger partial charge in [0.15, 0.2) is 0 Å². The van der Waals surface area contributed by atoms with E-state index in [2.05, 4.69) is 4.90 Å². The maximum atomic E-state index is 13.3. The molecule has 0 spiro atoms. The van der Waals surface area contributed by atoms with E-state index in [1.165, 1.54) is 0 Å². The van der Waals surface area contributed by atoms with Gasteiger partial charge in [0.05, 0.1) is 5.92 Å². The summed E-state index contributed by atoms with van der Waals surface area (Å²) in [5.74, 6) is -2.65. The Morgan fingerprint density at radius 3 is 1.95 bits per heavy atom. The Balaban J connectivity index is 0.000000507. The van der Waals surface area contributed by atoms with Crippen molar-refractivity contribution in [3.05, 3.63) is 78.4 Å². The van der Waals surface area contributed by atoms with Crippen molar-refractivity contribution in [2.45, 2.75) is 12.8 Å². The van der Waals surface area contributed by atoms with Crippen molar-refractivity contribution in [2.75, 3.05) is 57.8 Å². The molecular formula is C30H36N4O7. The molecule has 2 aromatic carbocycles. The van der Waals surface area contributed by atoms with E-state index in [-0.39, 0.29) is 30.1 Å². The van der Waals surface area contributed by atoms with E-state index in [0.29, 0.717) is 38.3 Å². The van der Waals surface area contributed by atoms with Crippen molar-refractivity contribution in [1.82, 2.24) is 14.7 Å². The summed E-state index contributed by atoms with van der Waals surface area (Å²) in [6, 6.07) is 19.1. The fourth-order valence-electron chi connectivity index (χ4n) is 4.76. The summed E-state index contributed by atoms with van der Waals surface area (Å²) in [6.45, 7) is 5.06. The van der Waals surface area contributed by atoms with Gasteiger partial charge in [-0.1, -0.05) is 36.4 Å². The number of carboxylic acid groups (broad SMARTS) is 2. The zero-order chi connectivity index (χ0) is 29.8. The number of carbonyl (C=O) groups is 5. The average Bonchev–Trinajstić information content (AvgIpc) is 3.33. The molecule has 0 aliphatic carbocycles. The lowest BCUT2D eigenvalue weighted by atomic mass is 10.1. The lowest BCUT2D eigenvalue weighted by molar-refractivity contribution is -0.134. The highest BCUT2D eigenvalue weighted by Crippen LogP contribution is 2.23. The average molecular weight is 565 g/mol. The maximum absolute atomic E-state index is 13.3. The number of likely N-dealkylation sites (tertiary alicyclic amines) is 1. The van der Waals surface area contributed by atoms with Gasteiger partial charge in [-0.2, -0.15) is 0 Å². The Bertz CT molecular complexity index is 1210. The number of piperazine rings is 1. The van der Waals surface area contributed by atoms with E-state index in [1.807, 2.05) is 70.5 Å². The lowest BCUT2D eigenvalue weighted by Gasteiger charge is -2.35. The summed E-state index contributed by atoms with van der Waals surface area (Å²) in [4.78, 5) is 64.7. The summed E-state index contributed by atoms with van der Waals surface area (Å²) in [7, 11) is 1.75. The number of hydrogen-bond donors (Lipinski definition) is 2. The minimum absolute atomic E-state index is 0.0252. The highest BCUT2D eigenvalue weighted by Gasteiger charge is 2.35. The van der Waals surface area contributed by atoms with Gasteiger partial charge in [-0.25, -0.2) is 9.59 Å². The first-order chi connectivity index (χ1) is 19.7. The van der Waals surface area contributed by atoms with Crippen molar-refractivity contribution >= 4 is 35.3 Å². The predicted octanol–water partition coefficient (Wildman–Crippen LogP) is 2.06. The fraction of sp³-hybridized carbons (Fsp3) is 0.367. The molecule has 2 N–H and O–H groups in total. The van der Waals surface area contributed by atoms with Gasteiger partial charge in [0.1, 0.15) is 0 Å². The number of anilines is 1. The van der Waals surface area contributed by atoms with Gasteiger partial charge in [-0.05, 0) is 37.2 Å². The van der Waals surface area contributed by atoms with Crippen molar-refractivity contribution in [1.29, 1.82) is 0 Å². The first-order valence-corrected chi connectivity index (χ1v) is 13.5. The third-order valence-corrected chi connectivity index (χ3v) is 6.93. The summed E-state index contributed by atoms with van der Waals surface area (Å²) in [6.07, 6.45) is 2.24. The molecule has 0 saturated carbocycles. The minimum Gasteiger partial charge on any atom is -0.478 e. The molecule has 11 heteroatoms. The summed E-state index contributed by atoms with van der Waals surface area (Å²) in [5, 5.41) is 15.6. The van der Waals surface area contributed by atoms with Crippen molar-refractivity contribution in [2.24, 2.45) is 5.92 Å². The van der Waals surface area contributed by atoms with E-state index in [0.717, 1.165) is 37.3 Å². The first kappa shape index (κ1) is 31.0. The van der Waals surface area contributed by atoms with E-state index in [1.54, 1.807) is 11.9 Å². The molecule has 2 aliphatic heterocycles. The van der Waals surface area contributed by atoms with Gasteiger partial charge in [0.2, 0.25) is 11.8 Å². The van der Waals surface area contributed by atoms with Crippen LogP contribution < -0.4 is 4.90 Å². The second-order valence-electron chi connectivity index (χ2n) is 9.86. The molecule has 2 heterocycles. The van der Waals surface area contributed by atoms with Crippen LogP contribution in [-0.4, -0.2) is 107 Å². The number of rotatable bonds is 9. The number of hydrogen-bond acceptors (Lipinski definition) is 6. The van der Waals surface area contributed by atoms with Crippen molar-refractivity contribution in [3.8, 4) is 0 Å². The number of para-hydroxylation sites is 1. The Kier molecular flexibility index (Phi) is 11.6. The second-order valence-corrected chi connectivity index (χ2v) is 9.86. The van der Waals surface area contributed by atoms with E-state index in [9.17, 15) is 24.0 Å². The van der Waals surface area contributed by atoms with E-state index < -0.39 is 11.9 Å². The minimum atomic E-state index is -1.26. The molecule has 2 fully saturated rings. The molecule has 218 valence electrons. The van der Waals surface area contributed by atoms with Crippen molar-refractivity contribution in [3.63, 3.8) is 0 Å². The molecule has 0 aromatic heterocycles. The molecule has 4 rings (SSSR count). The third kappa shape index (κ3) is 9.57. The number of nitrogens with zero attached hydrogens (tertiary/aromatic N) is 4. The number of carboxylic acids is 2. The number of amides is 3. The zero-order valence-electron chi connectivity index (χ0n) is 23.1. The molecule has 0 bridgehead atoms. The highest BCUT2D eigenvalue weighted by molar-refractivity contribution is 5.99. The van der Waals surface area contributed by atoms with Crippen LogP contribution >= 0.6 is 0 Å². The Hall–Kier alpha value is -4.51. The quantitative estimate of drug-likeness (QED) is 0.442. The van der Waals surface area contributed by atoms with Gasteiger partial charge in [-0.15, -0.1) is 0 Å². The lowest BCUT2D eigenvalue weighted by Crippen LogP contribution is -2.49. The fourth-order valence-corrected chi connectivity index (χ4v) is 4.76. The van der Waals surface area contributed by atoms with Gasteiger partial charge < -0.3 is 24.9 Å². The SMILES string of the molecule is CN1CC(C(=O)N(CCCN2CCN(C(=O)c3ccccc3)CC2)c2ccccc2)CC1=O.O=C(O)/C=C/C(=O)O. The van der Waals surface area contributed by atoms with Crippen LogP contribution in [-0.2, 0) is 19.2 Å². The van der Waals surface area contributed by atoms with E-state index >= 15 is 0 Å². The first-order valence-electron chi connectivity index (χ1n) is 13.5. The van der Waals surface area contributed by atoms with Crippen LogP contribution in [0.5, 0.6) is 0 Å². The molecule has 1 unspecified atom stereocenters. The number of benzene rings is 2. The molecule has 41 heavy (non-hydrogen) atoms. The number of carbonyl (C=O) groups excluding carboxylic acids is 3. The molecule has 0 radical (unpaired) electrons. The van der Waals surface area contributed by atoms with Crippen LogP contribution in [0.2, 0.25) is 0 Å². The van der Waals surface area contributed by atoms with E-state index in [4.69, 9.17) is 10.2 Å². The summed E-state index contributed by atoms with van der Waals surface area (Å²) in [5.41, 5.74) is 1.61. The normalized spacial score (nSPS) is 17.2. The molecule has 11 nitrogen and oxygen atoms in total. The summed E-state index contributed by atoms with van der Waals surface area (Å²) < 4.78 is 0. The van der Waals surface area contributed by atoms with Crippen LogP contribution in [0.15, 0.2) is 72.8 Å². The van der Waals surface area contributed by atoms with Gasteiger partial charge >= 0.3 is 11.9 Å². The molecule has 2 aromatic rings. The largest absolute Gasteiger partial charge is 0.478 e.